The molecule has 1 N–H and O–H groups in total. The number of hydrogen-bond donors (Lipinski definition) is 1. The van der Waals surface area contributed by atoms with Crippen molar-refractivity contribution >= 4 is 17.5 Å². The molecule has 7 heteroatoms. The molecule has 1 aromatic heterocycles. The Morgan fingerprint density at radius 1 is 1.30 bits per heavy atom. The van der Waals surface area contributed by atoms with Crippen LogP contribution in [0.2, 0.25) is 5.02 Å². The van der Waals surface area contributed by atoms with Gasteiger partial charge in [0.05, 0.1) is 13.5 Å². The lowest BCUT2D eigenvalue weighted by Crippen LogP contribution is -2.32. The van der Waals surface area contributed by atoms with E-state index in [1.54, 1.807) is 25.6 Å². The first-order chi connectivity index (χ1) is 13.0. The van der Waals surface area contributed by atoms with Gasteiger partial charge in [0.2, 0.25) is 5.91 Å². The highest BCUT2D eigenvalue weighted by Crippen LogP contribution is 2.29. The first kappa shape index (κ1) is 18.9. The Labute approximate surface area is 161 Å². The van der Waals surface area contributed by atoms with Crippen molar-refractivity contribution in [3.63, 3.8) is 0 Å². The number of carbonyl (C=O) groups is 1. The number of ether oxygens (including phenoxy) is 1. The van der Waals surface area contributed by atoms with Crippen LogP contribution >= 0.6 is 11.6 Å². The van der Waals surface area contributed by atoms with E-state index in [1.165, 1.54) is 12.1 Å². The Kier molecular flexibility index (Phi) is 5.76. The number of hydrogen-bond acceptors (Lipinski definition) is 3. The van der Waals surface area contributed by atoms with Gasteiger partial charge in [0.1, 0.15) is 23.4 Å². The highest BCUT2D eigenvalue weighted by molar-refractivity contribution is 6.31. The average Bonchev–Trinajstić information content (AvgIpc) is 3.08. The molecule has 0 bridgehead atoms. The van der Waals surface area contributed by atoms with E-state index in [1.807, 2.05) is 35.9 Å². The average molecular weight is 388 g/mol. The number of benzene rings is 2. The summed E-state index contributed by atoms with van der Waals surface area (Å²) in [6, 6.07) is 11.2. The number of nitrogens with one attached hydrogen (secondary N) is 1. The van der Waals surface area contributed by atoms with Gasteiger partial charge in [-0.15, -0.1) is 0 Å². The van der Waals surface area contributed by atoms with Crippen LogP contribution in [0.1, 0.15) is 23.0 Å². The maximum absolute atomic E-state index is 14.0. The molecule has 1 unspecified atom stereocenters. The van der Waals surface area contributed by atoms with Crippen LogP contribution in [0.3, 0.4) is 0 Å². The molecule has 0 fully saturated rings. The predicted octanol–water partition coefficient (Wildman–Crippen LogP) is 3.67. The molecule has 0 saturated heterocycles. The summed E-state index contributed by atoms with van der Waals surface area (Å²) in [4.78, 5) is 17.0. The van der Waals surface area contributed by atoms with Gasteiger partial charge in [-0.3, -0.25) is 4.79 Å². The topological polar surface area (TPSA) is 56.1 Å². The summed E-state index contributed by atoms with van der Waals surface area (Å²) in [6.45, 7) is 0. The number of carbonyl (C=O) groups excluding carboxylic acids is 1. The quantitative estimate of drug-likeness (QED) is 0.702. The molecule has 0 spiro atoms. The Bertz CT molecular complexity index is 938. The van der Waals surface area contributed by atoms with Gasteiger partial charge < -0.3 is 14.6 Å². The van der Waals surface area contributed by atoms with Crippen molar-refractivity contribution in [2.24, 2.45) is 7.05 Å². The second kappa shape index (κ2) is 8.22. The van der Waals surface area contributed by atoms with Crippen molar-refractivity contribution in [2.75, 3.05) is 7.11 Å². The van der Waals surface area contributed by atoms with Crippen LogP contribution in [-0.2, 0) is 18.3 Å². The van der Waals surface area contributed by atoms with Crippen LogP contribution < -0.4 is 10.1 Å². The van der Waals surface area contributed by atoms with Crippen molar-refractivity contribution in [2.45, 2.75) is 12.5 Å². The lowest BCUT2D eigenvalue weighted by molar-refractivity contribution is -0.121. The van der Waals surface area contributed by atoms with Crippen molar-refractivity contribution in [3.8, 4) is 5.75 Å². The number of halogens is 2. The van der Waals surface area contributed by atoms with E-state index in [2.05, 4.69) is 10.3 Å². The van der Waals surface area contributed by atoms with Gasteiger partial charge in [-0.05, 0) is 18.2 Å². The summed E-state index contributed by atoms with van der Waals surface area (Å²) in [5.74, 6) is 0.367. The maximum Gasteiger partial charge on any atom is 0.225 e. The number of rotatable bonds is 6. The second-order valence-corrected chi connectivity index (χ2v) is 6.42. The molecule has 0 radical (unpaired) electrons. The standard InChI is InChI=1S/C20H19ClFN3O2/c1-25-11-10-23-20(25)19(13-6-3-4-9-17(13)27-2)24-18(26)12-14-15(21)7-5-8-16(14)22/h3-11,19H,12H2,1-2H3,(H,24,26). The summed E-state index contributed by atoms with van der Waals surface area (Å²) in [5, 5.41) is 3.15. The molecule has 0 aliphatic rings. The van der Waals surface area contributed by atoms with Crippen molar-refractivity contribution in [1.82, 2.24) is 14.9 Å². The summed E-state index contributed by atoms with van der Waals surface area (Å²) in [6.07, 6.45) is 3.26. The minimum atomic E-state index is -0.556. The van der Waals surface area contributed by atoms with E-state index in [9.17, 15) is 9.18 Å². The molecule has 1 heterocycles. The first-order valence-electron chi connectivity index (χ1n) is 8.33. The monoisotopic (exact) mass is 387 g/mol. The fourth-order valence-corrected chi connectivity index (χ4v) is 3.15. The Balaban J connectivity index is 1.93. The number of imidazole rings is 1. The van der Waals surface area contributed by atoms with Gasteiger partial charge in [-0.25, -0.2) is 9.37 Å². The lowest BCUT2D eigenvalue weighted by atomic mass is 10.0. The molecule has 0 aliphatic heterocycles. The van der Waals surface area contributed by atoms with Gasteiger partial charge in [-0.1, -0.05) is 35.9 Å². The minimum Gasteiger partial charge on any atom is -0.496 e. The van der Waals surface area contributed by atoms with Crippen LogP contribution in [0.25, 0.3) is 0 Å². The second-order valence-electron chi connectivity index (χ2n) is 6.02. The third-order valence-electron chi connectivity index (χ3n) is 4.27. The molecular formula is C20H19ClFN3O2. The molecule has 3 rings (SSSR count). The normalized spacial score (nSPS) is 11.9. The van der Waals surface area contributed by atoms with E-state index in [0.717, 1.165) is 5.56 Å². The van der Waals surface area contributed by atoms with E-state index < -0.39 is 11.9 Å². The molecule has 0 saturated carbocycles. The highest BCUT2D eigenvalue weighted by atomic mass is 35.5. The molecule has 0 aliphatic carbocycles. The van der Waals surface area contributed by atoms with Gasteiger partial charge in [0.15, 0.2) is 0 Å². The van der Waals surface area contributed by atoms with E-state index in [0.29, 0.717) is 11.6 Å². The van der Waals surface area contributed by atoms with Crippen LogP contribution in [0.4, 0.5) is 4.39 Å². The lowest BCUT2D eigenvalue weighted by Gasteiger charge is -2.21. The van der Waals surface area contributed by atoms with Crippen LogP contribution in [0.15, 0.2) is 54.9 Å². The zero-order valence-corrected chi connectivity index (χ0v) is 15.7. The van der Waals surface area contributed by atoms with Crippen LogP contribution in [-0.4, -0.2) is 22.6 Å². The zero-order chi connectivity index (χ0) is 19.4. The molecule has 1 atom stereocenters. The SMILES string of the molecule is COc1ccccc1C(NC(=O)Cc1c(F)cccc1Cl)c1nccn1C. The van der Waals surface area contributed by atoms with E-state index in [4.69, 9.17) is 16.3 Å². The molecule has 5 nitrogen and oxygen atoms in total. The zero-order valence-electron chi connectivity index (χ0n) is 14.9. The van der Waals surface area contributed by atoms with Gasteiger partial charge in [0, 0.05) is 35.6 Å². The summed E-state index contributed by atoms with van der Waals surface area (Å²) >= 11 is 6.04. The summed E-state index contributed by atoms with van der Waals surface area (Å²) in [5.41, 5.74) is 0.914. The van der Waals surface area contributed by atoms with Crippen LogP contribution in [0, 0.1) is 5.82 Å². The third-order valence-corrected chi connectivity index (χ3v) is 4.63. The number of aromatic nitrogens is 2. The van der Waals surface area contributed by atoms with Gasteiger partial charge >= 0.3 is 0 Å². The smallest absolute Gasteiger partial charge is 0.225 e. The molecule has 1 amide bonds. The Morgan fingerprint density at radius 2 is 2.07 bits per heavy atom. The molecule has 27 heavy (non-hydrogen) atoms. The molecular weight excluding hydrogens is 369 g/mol. The van der Waals surface area contributed by atoms with Gasteiger partial charge in [0.25, 0.3) is 0 Å². The molecule has 3 aromatic rings. The van der Waals surface area contributed by atoms with Crippen molar-refractivity contribution in [3.05, 3.63) is 82.6 Å². The number of methoxy groups -OCH3 is 1. The molecule has 2 aromatic carbocycles. The maximum atomic E-state index is 14.0. The fraction of sp³-hybridized carbons (Fsp3) is 0.200. The number of para-hydroxylation sites is 1. The Morgan fingerprint density at radius 3 is 2.74 bits per heavy atom. The number of amides is 1. The Hall–Kier alpha value is -2.86. The fourth-order valence-electron chi connectivity index (χ4n) is 2.92. The van der Waals surface area contributed by atoms with E-state index in [-0.39, 0.29) is 22.9 Å². The minimum absolute atomic E-state index is 0.162. The molecule has 140 valence electrons. The van der Waals surface area contributed by atoms with Gasteiger partial charge in [-0.2, -0.15) is 0 Å². The van der Waals surface area contributed by atoms with E-state index >= 15 is 0 Å². The summed E-state index contributed by atoms with van der Waals surface area (Å²) < 4.78 is 21.3. The van der Waals surface area contributed by atoms with Crippen molar-refractivity contribution < 1.29 is 13.9 Å². The number of nitrogens with zero attached hydrogens (tertiary/aromatic N) is 2. The van der Waals surface area contributed by atoms with Crippen molar-refractivity contribution in [1.29, 1.82) is 0 Å². The highest BCUT2D eigenvalue weighted by Gasteiger charge is 2.24. The van der Waals surface area contributed by atoms with Crippen LogP contribution in [0.5, 0.6) is 5.75 Å². The first-order valence-corrected chi connectivity index (χ1v) is 8.71. The summed E-state index contributed by atoms with van der Waals surface area (Å²) in [7, 11) is 3.40. The largest absolute Gasteiger partial charge is 0.496 e. The number of aryl methyl sites for hydroxylation is 1. The third kappa shape index (κ3) is 4.11. The predicted molar refractivity (Wildman–Crippen MR) is 101 cm³/mol.